The summed E-state index contributed by atoms with van der Waals surface area (Å²) < 4.78 is 14.1. The average Bonchev–Trinajstić information content (AvgIpc) is 3.18. The molecular formula is C21H14FN3O2S. The third-order valence-corrected chi connectivity index (χ3v) is 5.15. The molecule has 0 bridgehead atoms. The molecule has 0 aliphatic rings. The van der Waals surface area contributed by atoms with Gasteiger partial charge in [0, 0.05) is 15.8 Å². The first-order valence-electron chi connectivity index (χ1n) is 8.41. The second-order valence-electron chi connectivity index (χ2n) is 5.96. The summed E-state index contributed by atoms with van der Waals surface area (Å²) in [5, 5.41) is 0.427. The summed E-state index contributed by atoms with van der Waals surface area (Å²) in [4.78, 5) is 30.5. The van der Waals surface area contributed by atoms with Crippen molar-refractivity contribution in [3.8, 4) is 10.4 Å². The molecule has 1 N–H and O–H groups in total. The monoisotopic (exact) mass is 391 g/mol. The van der Waals surface area contributed by atoms with E-state index in [1.54, 1.807) is 42.5 Å². The van der Waals surface area contributed by atoms with Gasteiger partial charge < -0.3 is 0 Å². The van der Waals surface area contributed by atoms with Crippen LogP contribution in [-0.2, 0) is 4.79 Å². The van der Waals surface area contributed by atoms with Gasteiger partial charge in [0.25, 0.3) is 11.5 Å². The maximum Gasteiger partial charge on any atom is 0.280 e. The fourth-order valence-corrected chi connectivity index (χ4v) is 3.59. The number of thiophene rings is 1. The van der Waals surface area contributed by atoms with E-state index >= 15 is 0 Å². The smallest absolute Gasteiger partial charge is 0.268 e. The third-order valence-electron chi connectivity index (χ3n) is 4.05. The highest BCUT2D eigenvalue weighted by molar-refractivity contribution is 7.16. The Morgan fingerprint density at radius 3 is 2.68 bits per heavy atom. The Bertz CT molecular complexity index is 1240. The average molecular weight is 391 g/mol. The molecule has 0 aliphatic carbocycles. The largest absolute Gasteiger partial charge is 0.280 e. The number of fused-ring (bicyclic) bond motifs is 1. The number of nitrogens with one attached hydrogen (secondary N) is 1. The number of hydrogen-bond acceptors (Lipinski definition) is 4. The highest BCUT2D eigenvalue weighted by Gasteiger charge is 2.06. The van der Waals surface area contributed by atoms with Gasteiger partial charge in [-0.1, -0.05) is 24.3 Å². The summed E-state index contributed by atoms with van der Waals surface area (Å²) in [7, 11) is 0. The van der Waals surface area contributed by atoms with Gasteiger partial charge in [-0.3, -0.25) is 15.0 Å². The second kappa shape index (κ2) is 7.58. The van der Waals surface area contributed by atoms with Gasteiger partial charge in [-0.25, -0.2) is 14.1 Å². The lowest BCUT2D eigenvalue weighted by molar-refractivity contribution is -0.112. The molecular weight excluding hydrogens is 377 g/mol. The molecule has 4 aromatic rings. The quantitative estimate of drug-likeness (QED) is 0.534. The molecule has 7 heteroatoms. The highest BCUT2D eigenvalue weighted by atomic mass is 32.1. The first kappa shape index (κ1) is 17.8. The number of amides is 1. The SMILES string of the molecule is O=C(/C=C/c1ccc(-c2ccc(F)cc2)s1)Nn1cnc2ccccc2c1=O. The van der Waals surface area contributed by atoms with Gasteiger partial charge in [-0.05, 0) is 48.0 Å². The Hall–Kier alpha value is -3.58. The van der Waals surface area contributed by atoms with Crippen LogP contribution in [0.25, 0.3) is 27.4 Å². The summed E-state index contributed by atoms with van der Waals surface area (Å²) in [5.74, 6) is -0.730. The standard InChI is InChI=1S/C21H14FN3O2S/c22-15-7-5-14(6-8-15)19-11-9-16(28-19)10-12-20(26)24-25-13-23-18-4-2-1-3-17(18)21(25)27/h1-13H,(H,24,26)/b12-10+. The van der Waals surface area contributed by atoms with Crippen LogP contribution in [0, 0.1) is 5.82 Å². The van der Waals surface area contributed by atoms with Crippen molar-refractivity contribution in [1.29, 1.82) is 0 Å². The summed E-state index contributed by atoms with van der Waals surface area (Å²) in [6.07, 6.45) is 4.29. The lowest BCUT2D eigenvalue weighted by Crippen LogP contribution is -2.32. The Labute approximate surface area is 163 Å². The number of aromatic nitrogens is 2. The zero-order chi connectivity index (χ0) is 19.5. The molecule has 0 atom stereocenters. The molecule has 2 aromatic carbocycles. The van der Waals surface area contributed by atoms with Crippen molar-refractivity contribution in [3.05, 3.63) is 94.1 Å². The van der Waals surface area contributed by atoms with Crippen LogP contribution in [0.4, 0.5) is 4.39 Å². The molecule has 28 heavy (non-hydrogen) atoms. The molecule has 0 fully saturated rings. The van der Waals surface area contributed by atoms with Crippen LogP contribution in [0.15, 0.2) is 77.9 Å². The molecule has 0 radical (unpaired) electrons. The van der Waals surface area contributed by atoms with Crippen LogP contribution in [0.2, 0.25) is 0 Å². The van der Waals surface area contributed by atoms with E-state index in [9.17, 15) is 14.0 Å². The summed E-state index contributed by atoms with van der Waals surface area (Å²) in [6.45, 7) is 0. The van der Waals surface area contributed by atoms with Gasteiger partial charge in [0.05, 0.1) is 10.9 Å². The molecule has 0 unspecified atom stereocenters. The molecule has 0 saturated carbocycles. The third kappa shape index (κ3) is 3.74. The molecule has 0 saturated heterocycles. The van der Waals surface area contributed by atoms with E-state index < -0.39 is 5.91 Å². The summed E-state index contributed by atoms with van der Waals surface area (Å²) in [5.41, 5.74) is 3.63. The number of benzene rings is 2. The fourth-order valence-electron chi connectivity index (χ4n) is 2.67. The lowest BCUT2D eigenvalue weighted by atomic mass is 10.2. The van der Waals surface area contributed by atoms with Crippen molar-refractivity contribution in [1.82, 2.24) is 9.66 Å². The maximum absolute atomic E-state index is 13.0. The second-order valence-corrected chi connectivity index (χ2v) is 7.07. The molecule has 1 amide bonds. The Kier molecular flexibility index (Phi) is 4.82. The number of carbonyl (C=O) groups excluding carboxylic acids is 1. The first-order valence-corrected chi connectivity index (χ1v) is 9.23. The number of para-hydroxylation sites is 1. The van der Waals surface area contributed by atoms with E-state index in [1.165, 1.54) is 35.9 Å². The van der Waals surface area contributed by atoms with Gasteiger partial charge in [0.2, 0.25) is 0 Å². The van der Waals surface area contributed by atoms with E-state index in [-0.39, 0.29) is 11.4 Å². The predicted molar refractivity (Wildman–Crippen MR) is 109 cm³/mol. The number of nitrogens with zero attached hydrogens (tertiary/aromatic N) is 2. The molecule has 0 spiro atoms. The molecule has 0 aliphatic heterocycles. The van der Waals surface area contributed by atoms with E-state index in [1.807, 2.05) is 12.1 Å². The maximum atomic E-state index is 13.0. The zero-order valence-corrected chi connectivity index (χ0v) is 15.3. The summed E-state index contributed by atoms with van der Waals surface area (Å²) >= 11 is 1.48. The van der Waals surface area contributed by atoms with Crippen molar-refractivity contribution in [2.75, 3.05) is 5.43 Å². The van der Waals surface area contributed by atoms with Crippen molar-refractivity contribution in [3.63, 3.8) is 0 Å². The van der Waals surface area contributed by atoms with Crippen molar-refractivity contribution >= 4 is 34.2 Å². The van der Waals surface area contributed by atoms with Gasteiger partial charge >= 0.3 is 0 Å². The normalized spacial score (nSPS) is 11.2. The molecule has 2 aromatic heterocycles. The van der Waals surface area contributed by atoms with Crippen molar-refractivity contribution in [2.24, 2.45) is 0 Å². The molecule has 138 valence electrons. The highest BCUT2D eigenvalue weighted by Crippen LogP contribution is 2.28. The predicted octanol–water partition coefficient (Wildman–Crippen LogP) is 4.05. The summed E-state index contributed by atoms with van der Waals surface area (Å²) in [6, 6.07) is 16.9. The first-order chi connectivity index (χ1) is 13.6. The minimum atomic E-state index is -0.448. The minimum absolute atomic E-state index is 0.282. The fraction of sp³-hybridized carbons (Fsp3) is 0. The Morgan fingerprint density at radius 1 is 1.07 bits per heavy atom. The van der Waals surface area contributed by atoms with Crippen LogP contribution in [0.3, 0.4) is 0 Å². The molecule has 2 heterocycles. The van der Waals surface area contributed by atoms with Crippen LogP contribution in [0.5, 0.6) is 0 Å². The van der Waals surface area contributed by atoms with E-state index in [0.29, 0.717) is 10.9 Å². The molecule has 5 nitrogen and oxygen atoms in total. The van der Waals surface area contributed by atoms with Gasteiger partial charge in [0.15, 0.2) is 0 Å². The topological polar surface area (TPSA) is 64.0 Å². The van der Waals surface area contributed by atoms with Crippen molar-refractivity contribution in [2.45, 2.75) is 0 Å². The van der Waals surface area contributed by atoms with Crippen molar-refractivity contribution < 1.29 is 9.18 Å². The van der Waals surface area contributed by atoms with Crippen LogP contribution in [0.1, 0.15) is 4.88 Å². The number of hydrogen-bond donors (Lipinski definition) is 1. The van der Waals surface area contributed by atoms with Gasteiger partial charge in [-0.15, -0.1) is 11.3 Å². The van der Waals surface area contributed by atoms with Gasteiger partial charge in [-0.2, -0.15) is 0 Å². The van der Waals surface area contributed by atoms with E-state index in [0.717, 1.165) is 20.0 Å². The van der Waals surface area contributed by atoms with Crippen LogP contribution in [-0.4, -0.2) is 15.6 Å². The van der Waals surface area contributed by atoms with E-state index in [4.69, 9.17) is 0 Å². The van der Waals surface area contributed by atoms with Crippen LogP contribution >= 0.6 is 11.3 Å². The van der Waals surface area contributed by atoms with Crippen LogP contribution < -0.4 is 11.0 Å². The molecule has 4 rings (SSSR count). The zero-order valence-electron chi connectivity index (χ0n) is 14.5. The Balaban J connectivity index is 1.48. The van der Waals surface area contributed by atoms with Gasteiger partial charge in [0.1, 0.15) is 12.1 Å². The number of rotatable bonds is 4. The lowest BCUT2D eigenvalue weighted by Gasteiger charge is -2.06. The number of halogens is 1. The Morgan fingerprint density at radius 2 is 1.86 bits per heavy atom. The minimum Gasteiger partial charge on any atom is -0.268 e. The van der Waals surface area contributed by atoms with E-state index in [2.05, 4.69) is 10.4 Å². The number of carbonyl (C=O) groups is 1.